The minimum atomic E-state index is -4.01. The van der Waals surface area contributed by atoms with Crippen molar-refractivity contribution < 1.29 is 13.2 Å². The number of carbonyl (C=O) groups excluding carboxylic acids is 1. The van der Waals surface area contributed by atoms with Crippen molar-refractivity contribution in [3.05, 3.63) is 28.8 Å². The zero-order valence-corrected chi connectivity index (χ0v) is 9.97. The van der Waals surface area contributed by atoms with Gasteiger partial charge in [0.15, 0.2) is 6.29 Å². The van der Waals surface area contributed by atoms with Gasteiger partial charge in [-0.05, 0) is 18.1 Å². The number of rotatable bonds is 3. The van der Waals surface area contributed by atoms with Gasteiger partial charge in [-0.3, -0.25) is 4.79 Å². The van der Waals surface area contributed by atoms with E-state index < -0.39 is 9.05 Å². The number of nitriles is 1. The molecule has 0 spiro atoms. The fourth-order valence-electron chi connectivity index (χ4n) is 1.40. The summed E-state index contributed by atoms with van der Waals surface area (Å²) >= 11 is 0. The maximum absolute atomic E-state index is 11.2. The van der Waals surface area contributed by atoms with Crippen LogP contribution in [0.3, 0.4) is 0 Å². The van der Waals surface area contributed by atoms with Crippen LogP contribution < -0.4 is 0 Å². The lowest BCUT2D eigenvalue weighted by molar-refractivity contribution is 0.112. The van der Waals surface area contributed by atoms with E-state index in [1.807, 2.05) is 6.07 Å². The van der Waals surface area contributed by atoms with Crippen LogP contribution in [-0.4, -0.2) is 14.7 Å². The molecule has 0 aliphatic carbocycles. The van der Waals surface area contributed by atoms with Crippen LogP contribution in [0.4, 0.5) is 0 Å². The predicted molar refractivity (Wildman–Crippen MR) is 59.0 cm³/mol. The van der Waals surface area contributed by atoms with E-state index in [0.29, 0.717) is 18.3 Å². The molecule has 0 amide bonds. The van der Waals surface area contributed by atoms with Crippen molar-refractivity contribution in [1.82, 2.24) is 0 Å². The van der Waals surface area contributed by atoms with Crippen LogP contribution in [0.5, 0.6) is 0 Å². The average molecular weight is 258 g/mol. The molecule has 0 unspecified atom stereocenters. The number of aryl methyl sites for hydroxylation is 1. The average Bonchev–Trinajstić information content (AvgIpc) is 2.25. The number of benzene rings is 1. The SMILES string of the molecule is CCc1ccc(S(=O)(=O)Cl)c(C=O)c1C#N. The van der Waals surface area contributed by atoms with Crippen molar-refractivity contribution in [2.45, 2.75) is 18.2 Å². The van der Waals surface area contributed by atoms with Crippen molar-refractivity contribution >= 4 is 26.0 Å². The van der Waals surface area contributed by atoms with Crippen molar-refractivity contribution in [2.24, 2.45) is 0 Å². The Morgan fingerprint density at radius 1 is 1.50 bits per heavy atom. The molecule has 16 heavy (non-hydrogen) atoms. The number of nitrogens with zero attached hydrogens (tertiary/aromatic N) is 1. The van der Waals surface area contributed by atoms with Crippen LogP contribution in [0.25, 0.3) is 0 Å². The Balaban J connectivity index is 3.72. The largest absolute Gasteiger partial charge is 0.298 e. The highest BCUT2D eigenvalue weighted by atomic mass is 35.7. The first-order chi connectivity index (χ1) is 7.45. The monoisotopic (exact) mass is 257 g/mol. The minimum absolute atomic E-state index is 0.0687. The lowest BCUT2D eigenvalue weighted by Crippen LogP contribution is -2.03. The summed E-state index contributed by atoms with van der Waals surface area (Å²) < 4.78 is 22.4. The van der Waals surface area contributed by atoms with Crippen LogP contribution >= 0.6 is 10.7 Å². The fraction of sp³-hybridized carbons (Fsp3) is 0.200. The molecule has 4 nitrogen and oxygen atoms in total. The molecule has 0 aliphatic rings. The molecule has 1 aromatic carbocycles. The molecule has 0 saturated carbocycles. The third-order valence-electron chi connectivity index (χ3n) is 2.17. The van der Waals surface area contributed by atoms with Gasteiger partial charge in [-0.25, -0.2) is 8.42 Å². The lowest BCUT2D eigenvalue weighted by Gasteiger charge is -2.06. The van der Waals surface area contributed by atoms with Crippen LogP contribution in [0.1, 0.15) is 28.4 Å². The highest BCUT2D eigenvalue weighted by Crippen LogP contribution is 2.24. The van der Waals surface area contributed by atoms with Gasteiger partial charge in [0.05, 0.1) is 16.0 Å². The lowest BCUT2D eigenvalue weighted by atomic mass is 10.0. The van der Waals surface area contributed by atoms with E-state index in [4.69, 9.17) is 15.9 Å². The molecule has 1 rings (SSSR count). The van der Waals surface area contributed by atoms with Gasteiger partial charge in [-0.1, -0.05) is 13.0 Å². The highest BCUT2D eigenvalue weighted by molar-refractivity contribution is 8.13. The molecule has 0 saturated heterocycles. The van der Waals surface area contributed by atoms with Gasteiger partial charge >= 0.3 is 0 Å². The quantitative estimate of drug-likeness (QED) is 0.612. The predicted octanol–water partition coefficient (Wildman–Crippen LogP) is 1.86. The molecule has 0 N–H and O–H groups in total. The molecule has 0 aromatic heterocycles. The van der Waals surface area contributed by atoms with Gasteiger partial charge in [0, 0.05) is 10.7 Å². The van der Waals surface area contributed by atoms with Gasteiger partial charge < -0.3 is 0 Å². The van der Waals surface area contributed by atoms with E-state index in [-0.39, 0.29) is 16.0 Å². The van der Waals surface area contributed by atoms with E-state index in [1.165, 1.54) is 12.1 Å². The topological polar surface area (TPSA) is 75.0 Å². The Bertz CT molecular complexity index is 572. The summed E-state index contributed by atoms with van der Waals surface area (Å²) in [6, 6.07) is 4.55. The Morgan fingerprint density at radius 3 is 2.50 bits per heavy atom. The summed E-state index contributed by atoms with van der Waals surface area (Å²) in [5, 5.41) is 8.90. The third kappa shape index (κ3) is 2.23. The Kier molecular flexibility index (Phi) is 3.68. The van der Waals surface area contributed by atoms with Gasteiger partial charge in [-0.2, -0.15) is 5.26 Å². The van der Waals surface area contributed by atoms with E-state index >= 15 is 0 Å². The van der Waals surface area contributed by atoms with Crippen LogP contribution in [0.15, 0.2) is 17.0 Å². The van der Waals surface area contributed by atoms with Gasteiger partial charge in [0.1, 0.15) is 6.07 Å². The summed E-state index contributed by atoms with van der Waals surface area (Å²) in [5.74, 6) is 0. The molecule has 0 aliphatic heterocycles. The van der Waals surface area contributed by atoms with E-state index in [1.54, 1.807) is 6.92 Å². The first-order valence-electron chi connectivity index (χ1n) is 4.41. The molecule has 0 fully saturated rings. The molecule has 0 atom stereocenters. The normalized spacial score (nSPS) is 10.8. The van der Waals surface area contributed by atoms with Crippen molar-refractivity contribution in [2.75, 3.05) is 0 Å². The number of carbonyl (C=O) groups is 1. The van der Waals surface area contributed by atoms with Crippen LogP contribution in [-0.2, 0) is 15.5 Å². The van der Waals surface area contributed by atoms with Gasteiger partial charge in [0.2, 0.25) is 0 Å². The van der Waals surface area contributed by atoms with E-state index in [9.17, 15) is 13.2 Å². The summed E-state index contributed by atoms with van der Waals surface area (Å²) in [6.45, 7) is 1.81. The second kappa shape index (κ2) is 4.64. The molecule has 0 radical (unpaired) electrons. The second-order valence-electron chi connectivity index (χ2n) is 3.03. The number of halogens is 1. The summed E-state index contributed by atoms with van der Waals surface area (Å²) in [5.41, 5.74) is 0.518. The molecular weight excluding hydrogens is 250 g/mol. The minimum Gasteiger partial charge on any atom is -0.298 e. The molecule has 1 aromatic rings. The summed E-state index contributed by atoms with van der Waals surface area (Å²) in [4.78, 5) is 10.5. The Labute approximate surface area is 97.9 Å². The van der Waals surface area contributed by atoms with Crippen LogP contribution in [0, 0.1) is 11.3 Å². The molecular formula is C10H8ClNO3S. The highest BCUT2D eigenvalue weighted by Gasteiger charge is 2.20. The number of hydrogen-bond acceptors (Lipinski definition) is 4. The zero-order chi connectivity index (χ0) is 12.3. The summed E-state index contributed by atoms with van der Waals surface area (Å²) in [7, 11) is 1.16. The van der Waals surface area contributed by atoms with Crippen molar-refractivity contribution in [1.29, 1.82) is 5.26 Å². The van der Waals surface area contributed by atoms with Gasteiger partial charge in [-0.15, -0.1) is 0 Å². The van der Waals surface area contributed by atoms with E-state index in [0.717, 1.165) is 0 Å². The van der Waals surface area contributed by atoms with Crippen molar-refractivity contribution in [3.8, 4) is 6.07 Å². The van der Waals surface area contributed by atoms with Crippen LogP contribution in [0.2, 0.25) is 0 Å². The smallest absolute Gasteiger partial charge is 0.262 e. The first-order valence-corrected chi connectivity index (χ1v) is 6.72. The zero-order valence-electron chi connectivity index (χ0n) is 8.40. The van der Waals surface area contributed by atoms with Crippen molar-refractivity contribution in [3.63, 3.8) is 0 Å². The summed E-state index contributed by atoms with van der Waals surface area (Å²) in [6.07, 6.45) is 0.874. The molecule has 0 heterocycles. The third-order valence-corrected chi connectivity index (χ3v) is 3.55. The Hall–Kier alpha value is -1.38. The van der Waals surface area contributed by atoms with Gasteiger partial charge in [0.25, 0.3) is 9.05 Å². The molecule has 0 bridgehead atoms. The maximum Gasteiger partial charge on any atom is 0.262 e. The second-order valence-corrected chi connectivity index (χ2v) is 5.57. The fourth-order valence-corrected chi connectivity index (χ4v) is 2.45. The standard InChI is InChI=1S/C10H8ClNO3S/c1-2-7-3-4-10(16(11,14)15)9(6-13)8(7)5-12/h3-4,6H,2H2,1H3. The Morgan fingerprint density at radius 2 is 2.12 bits per heavy atom. The first kappa shape index (κ1) is 12.7. The molecule has 6 heteroatoms. The maximum atomic E-state index is 11.2. The number of aldehydes is 1. The number of hydrogen-bond donors (Lipinski definition) is 0. The van der Waals surface area contributed by atoms with E-state index in [2.05, 4.69) is 0 Å². The molecule has 84 valence electrons.